The van der Waals surface area contributed by atoms with E-state index in [1.165, 1.54) is 73.8 Å². The molecule has 17 rings (SSSR count). The lowest BCUT2D eigenvalue weighted by molar-refractivity contribution is -0.0544. The van der Waals surface area contributed by atoms with Gasteiger partial charge in [0.2, 0.25) is 5.88 Å². The number of carbonyl (C=O) groups is 5. The summed E-state index contributed by atoms with van der Waals surface area (Å²) in [6.07, 6.45) is 20.9. The van der Waals surface area contributed by atoms with Crippen LogP contribution in [-0.2, 0) is 47.3 Å². The molecule has 0 aliphatic carbocycles. The van der Waals surface area contributed by atoms with Crippen LogP contribution in [0.15, 0.2) is 178 Å². The van der Waals surface area contributed by atoms with Crippen LogP contribution in [-0.4, -0.2) is 192 Å². The van der Waals surface area contributed by atoms with Crippen LogP contribution in [0.1, 0.15) is 218 Å². The van der Waals surface area contributed by atoms with E-state index in [1.54, 1.807) is 50.5 Å². The van der Waals surface area contributed by atoms with Crippen LogP contribution in [0, 0.1) is 0 Å². The van der Waals surface area contributed by atoms with Crippen LogP contribution in [0.2, 0.25) is 0 Å². The fraction of sp³-hybridized carbons (Fsp3) is 0.447. The molecule has 0 radical (unpaired) electrons. The van der Waals surface area contributed by atoms with E-state index in [-0.39, 0.29) is 12.6 Å². The highest BCUT2D eigenvalue weighted by atomic mass is 79.9. The molecule has 1 unspecified atom stereocenters. The second kappa shape index (κ2) is 41.9. The first-order chi connectivity index (χ1) is 61.8. The lowest BCUT2D eigenvalue weighted by Gasteiger charge is -2.32. The SMILES string of the molecule is Brc1ccc2[nH]ncc2c1.CC(C)(C)OC(=O)N1CCCC=C1OS(=O)(=O)C(F)(F)F.CC(C)(C)OC(=O)N1CCCC=C1c1ccc2c(cnn2C(=O)OC(C)(C)C)c1.CC(C)(C)OC(=O)n1ncc2cc(B3OC(C)(C)C(C)(C)O3)ccc21.CC(C)(C)OC(=O)n1ncc2cc(Br)ccc21.c1cc2[nH]ncc2cc1C1=NCCCC1.c1cc2[nH]ncc2cc1C1CCCCN1. The number of benzene rings is 6. The molecular formula is C94H116BBr2F3N16O15S. The van der Waals surface area contributed by atoms with Gasteiger partial charge in [0, 0.05) is 72.7 Å². The molecule has 2 amide bonds. The van der Waals surface area contributed by atoms with Crippen molar-refractivity contribution in [2.45, 2.75) is 247 Å². The predicted molar refractivity (Wildman–Crippen MR) is 510 cm³/mol. The summed E-state index contributed by atoms with van der Waals surface area (Å²) < 4.78 is 108. The normalized spacial score (nSPS) is 16.5. The van der Waals surface area contributed by atoms with Crippen molar-refractivity contribution in [3.05, 3.63) is 190 Å². The molecule has 12 aromatic rings. The summed E-state index contributed by atoms with van der Waals surface area (Å²) >= 11 is 6.75. The highest BCUT2D eigenvalue weighted by molar-refractivity contribution is 9.10. The molecule has 6 aromatic heterocycles. The summed E-state index contributed by atoms with van der Waals surface area (Å²) in [4.78, 5) is 68.1. The number of ether oxygens (including phenoxy) is 5. The highest BCUT2D eigenvalue weighted by Crippen LogP contribution is 2.38. The molecular weight excluding hydrogens is 1850 g/mol. The molecule has 5 aliphatic heterocycles. The van der Waals surface area contributed by atoms with Crippen LogP contribution in [0.25, 0.3) is 71.1 Å². The number of halogens is 5. The Balaban J connectivity index is 0.000000151. The molecule has 2 fully saturated rings. The van der Waals surface area contributed by atoms with E-state index in [4.69, 9.17) is 33.0 Å². The quantitative estimate of drug-likeness (QED) is 0.0520. The minimum atomic E-state index is -5.83. The summed E-state index contributed by atoms with van der Waals surface area (Å²) in [5, 5.41) is 42.8. The van der Waals surface area contributed by atoms with Gasteiger partial charge in [0.15, 0.2) is 0 Å². The third kappa shape index (κ3) is 27.7. The van der Waals surface area contributed by atoms with E-state index in [2.05, 4.69) is 129 Å². The van der Waals surface area contributed by atoms with Crippen LogP contribution in [0.4, 0.5) is 37.1 Å². The van der Waals surface area contributed by atoms with Gasteiger partial charge in [-0.05, 0) is 303 Å². The fourth-order valence-electron chi connectivity index (χ4n) is 13.9. The summed E-state index contributed by atoms with van der Waals surface area (Å²) in [5.41, 5.74) is 2.38. The standard InChI is InChI=1S/C22H29N3O4.C18H25BN2O4.C12H13BrN2O2.C12H15N3.C12H13N3.C11H16F3NO5S.C7H5BrN2/c1-21(2,3)28-19(26)24-12-8-7-9-17(24)15-10-11-18-16(13-15)14-23-25(18)20(27)29-22(4,5)6;1-16(2,3)23-15(22)21-14-9-8-13(10-12(14)11-20-21)19-24-17(4,5)18(6,7)25-19;1-12(2,3)17-11(16)15-10-5-4-9(13)6-8(10)7-14-15;2*1-2-6-13-11(3-1)9-4-5-12-10(7-9)8-14-15-12;1-10(2,3)19-9(16)15-7-5-4-6-8(15)20-21(17,18)11(12,13)14;8-6-1-2-7-5(3-6)4-9-10-7/h9-11,13-14H,7-8,12H2,1-6H3;8-11H,1-7H3;4-7H,1-3H3;4-5,7-8,11,13H,1-3,6H2,(H,14,15);4-5,7-8H,1-3,6H2,(H,14,15);6H,4-5,7H2,1-3H3;1-4H,(H,9,10). The van der Waals surface area contributed by atoms with Crippen molar-refractivity contribution < 1.29 is 82.7 Å². The number of aromatic nitrogens is 12. The van der Waals surface area contributed by atoms with Crippen LogP contribution < -0.4 is 10.8 Å². The third-order valence-electron chi connectivity index (χ3n) is 20.8. The lowest BCUT2D eigenvalue weighted by atomic mass is 9.79. The largest absolute Gasteiger partial charge is 0.534 e. The number of H-pyrrole nitrogens is 3. The first kappa shape index (κ1) is 101. The first-order valence-electron chi connectivity index (χ1n) is 43.6. The first-order valence-corrected chi connectivity index (χ1v) is 46.6. The maximum absolute atomic E-state index is 12.7. The molecule has 0 spiro atoms. The number of piperidine rings is 1. The van der Waals surface area contributed by atoms with Gasteiger partial charge in [-0.3, -0.25) is 25.2 Å². The number of amides is 2. The van der Waals surface area contributed by atoms with Gasteiger partial charge in [0.05, 0.1) is 87.2 Å². The van der Waals surface area contributed by atoms with E-state index >= 15 is 0 Å². The molecule has 706 valence electrons. The minimum Gasteiger partial charge on any atom is -0.443 e. The molecule has 0 saturated carbocycles. The van der Waals surface area contributed by atoms with E-state index in [9.17, 15) is 45.6 Å². The van der Waals surface area contributed by atoms with E-state index < -0.39 is 92.2 Å². The molecule has 2 saturated heterocycles. The topological polar surface area (TPSA) is 364 Å². The maximum atomic E-state index is 12.7. The van der Waals surface area contributed by atoms with Gasteiger partial charge in [-0.25, -0.2) is 28.9 Å². The van der Waals surface area contributed by atoms with E-state index in [1.807, 2.05) is 202 Å². The zero-order valence-electron chi connectivity index (χ0n) is 77.9. The number of allylic oxidation sites excluding steroid dienone is 2. The Bertz CT molecular complexity index is 6300. The molecule has 132 heavy (non-hydrogen) atoms. The Morgan fingerprint density at radius 2 is 0.894 bits per heavy atom. The molecule has 4 N–H and O–H groups in total. The zero-order valence-corrected chi connectivity index (χ0v) is 81.8. The summed E-state index contributed by atoms with van der Waals surface area (Å²) in [6, 6.07) is 36.4. The smallest absolute Gasteiger partial charge is 0.443 e. The number of alkyl halides is 3. The number of aromatic amines is 3. The summed E-state index contributed by atoms with van der Waals surface area (Å²) in [5.74, 6) is -0.687. The molecule has 31 nitrogen and oxygen atoms in total. The number of carbonyl (C=O) groups excluding carboxylic acids is 5. The van der Waals surface area contributed by atoms with Gasteiger partial charge in [-0.15, -0.1) is 0 Å². The molecule has 0 bridgehead atoms. The second-order valence-corrected chi connectivity index (χ2v) is 41.3. The number of fused-ring (bicyclic) bond motifs is 6. The van der Waals surface area contributed by atoms with E-state index in [0.717, 1.165) is 113 Å². The highest BCUT2D eigenvalue weighted by Gasteiger charge is 2.52. The van der Waals surface area contributed by atoms with Crippen molar-refractivity contribution in [2.24, 2.45) is 4.99 Å². The molecule has 1 atom stereocenters. The molecule has 5 aliphatic rings. The van der Waals surface area contributed by atoms with Crippen molar-refractivity contribution in [3.8, 4) is 0 Å². The number of aliphatic imine (C=N–C) groups is 1. The number of hydrogen-bond donors (Lipinski definition) is 4. The summed E-state index contributed by atoms with van der Waals surface area (Å²) in [7, 11) is -6.27. The minimum absolute atomic E-state index is 0.00806. The van der Waals surface area contributed by atoms with Gasteiger partial charge in [-0.1, -0.05) is 74.7 Å². The molecule has 11 heterocycles. The number of nitrogens with zero attached hydrogens (tertiary/aromatic N) is 12. The maximum Gasteiger partial charge on any atom is 0.534 e. The predicted octanol–water partition coefficient (Wildman–Crippen LogP) is 21.9. The number of nitrogens with one attached hydrogen (secondary N) is 4. The Labute approximate surface area is 782 Å². The second-order valence-electron chi connectivity index (χ2n) is 37.9. The average molecular weight is 1970 g/mol. The van der Waals surface area contributed by atoms with Gasteiger partial charge < -0.3 is 42.5 Å². The fourth-order valence-corrected chi connectivity index (χ4v) is 15.2. The van der Waals surface area contributed by atoms with Crippen molar-refractivity contribution in [2.75, 3.05) is 26.2 Å². The number of hydrogen-bond acceptors (Lipinski definition) is 23. The van der Waals surface area contributed by atoms with Crippen LogP contribution in [0.3, 0.4) is 0 Å². The van der Waals surface area contributed by atoms with Gasteiger partial charge in [0.25, 0.3) is 0 Å². The van der Waals surface area contributed by atoms with Crippen LogP contribution >= 0.6 is 31.9 Å². The van der Waals surface area contributed by atoms with Crippen molar-refractivity contribution >= 4 is 162 Å². The Morgan fingerprint density at radius 1 is 0.470 bits per heavy atom. The van der Waals surface area contributed by atoms with Gasteiger partial charge >= 0.3 is 53.2 Å². The Hall–Kier alpha value is -11.3. The van der Waals surface area contributed by atoms with Crippen LogP contribution in [0.5, 0.6) is 0 Å². The lowest BCUT2D eigenvalue weighted by Crippen LogP contribution is -2.41. The monoisotopic (exact) mass is 1970 g/mol. The zero-order chi connectivity index (χ0) is 96.3. The Kier molecular flexibility index (Phi) is 32.1. The number of rotatable bonds is 6. The molecule has 38 heteroatoms. The van der Waals surface area contributed by atoms with Crippen molar-refractivity contribution in [1.82, 2.24) is 75.1 Å². The summed E-state index contributed by atoms with van der Waals surface area (Å²) in [6.45, 7) is 37.5. The third-order valence-corrected chi connectivity index (χ3v) is 22.7. The Morgan fingerprint density at radius 3 is 1.39 bits per heavy atom. The van der Waals surface area contributed by atoms with Gasteiger partial charge in [-0.2, -0.15) is 66.2 Å². The van der Waals surface area contributed by atoms with Crippen molar-refractivity contribution in [3.63, 3.8) is 0 Å². The molecule has 6 aromatic carbocycles. The average Bonchev–Trinajstić information content (AvgIpc) is 1.61. The van der Waals surface area contributed by atoms with Crippen molar-refractivity contribution in [1.29, 1.82) is 0 Å². The van der Waals surface area contributed by atoms with E-state index in [0.29, 0.717) is 36.5 Å². The van der Waals surface area contributed by atoms with Gasteiger partial charge in [0.1, 0.15) is 28.0 Å².